The summed E-state index contributed by atoms with van der Waals surface area (Å²) in [6.45, 7) is 17.7. The van der Waals surface area contributed by atoms with E-state index < -0.39 is 204 Å². The number of benzene rings is 7. The largest absolute Gasteiger partial charge is 2.00 e. The number of hydrogen-bond donors (Lipinski definition) is 0. The van der Waals surface area contributed by atoms with Crippen molar-refractivity contribution >= 4 is 83.5 Å². The molecule has 0 saturated heterocycles. The summed E-state index contributed by atoms with van der Waals surface area (Å²) in [4.78, 5) is 0. The zero-order valence-corrected chi connectivity index (χ0v) is 55.0. The molecule has 0 nitrogen and oxygen atoms in total. The summed E-state index contributed by atoms with van der Waals surface area (Å²) in [5.41, 5.74) is -30.2. The van der Waals surface area contributed by atoms with Crippen LogP contribution in [0.15, 0.2) is 164 Å². The topological polar surface area (TPSA) is 0 Å². The Hall–Kier alpha value is -5.22. The van der Waals surface area contributed by atoms with E-state index in [0.29, 0.717) is 7.92 Å². The second-order valence-corrected chi connectivity index (χ2v) is 27.2. The summed E-state index contributed by atoms with van der Waals surface area (Å²) in [5, 5.41) is 4.50. The first-order valence-corrected chi connectivity index (χ1v) is 32.0. The van der Waals surface area contributed by atoms with Gasteiger partial charge in [-0.2, -0.15) is 127 Å². The van der Waals surface area contributed by atoms with Crippen molar-refractivity contribution in [3.63, 3.8) is 0 Å². The molecular weight excluding hydrogens is 1470 g/mol. The Balaban J connectivity index is 0.000000498. The molecule has 0 atom stereocenters. The summed E-state index contributed by atoms with van der Waals surface area (Å²) in [5.74, 6) is 7.34. The van der Waals surface area contributed by atoms with E-state index in [4.69, 9.17) is 23.2 Å². The maximum Gasteiger partial charge on any atom is 2.00 e. The Morgan fingerprint density at radius 2 is 0.415 bits per heavy atom. The first kappa shape index (κ1) is 83.0. The van der Waals surface area contributed by atoms with E-state index in [0.717, 1.165) is 0 Å². The van der Waals surface area contributed by atoms with Crippen LogP contribution in [0.2, 0.25) is 0 Å². The van der Waals surface area contributed by atoms with Crippen LogP contribution < -0.4 is 37.4 Å². The standard InChI is InChI=1S/C32H12BF24.C18H15Si.C10H15.C3H9P.CH2Cl2.Rh/c34-25(35,36)13-1-14(26(37,38)39)6-21(5-13)33(22-7-15(27(40,41)42)2-16(8-22)28(43,44)45,23-9-17(29(46,47)48)3-18(10-23)30(49,50)51)24-11-19(31(52,53)54)4-20(12-24)32(55,56)57;1-4-10-16(11-5-1)19(17-12-6-2-7-13-17)18-14-8-3-9-15-18;1-6-7(2)9(4)10(5)8(6)3;1-4(2)3;2-1-3;/h1-12H;1-15H;1-5H3;1-3H3;1H2;/q-1;;;;;+2. The summed E-state index contributed by atoms with van der Waals surface area (Å²) < 4.78 is 341. The molecule has 0 unspecified atom stereocenters. The van der Waals surface area contributed by atoms with Gasteiger partial charge in [0, 0.05) is 0 Å². The molecule has 0 aliphatic heterocycles. The molecule has 7 radical (unpaired) electrons. The number of rotatable bonds is 7. The van der Waals surface area contributed by atoms with E-state index in [1.54, 1.807) is 0 Å². The minimum atomic E-state index is -6.13. The maximum atomic E-state index is 14.2. The molecule has 0 amide bonds. The van der Waals surface area contributed by atoms with Crippen LogP contribution in [0.3, 0.4) is 0 Å². The molecular formula is C64H53BCl2F24PRhSi+. The van der Waals surface area contributed by atoms with Gasteiger partial charge in [-0.05, 0) is 73.8 Å². The van der Waals surface area contributed by atoms with Crippen molar-refractivity contribution in [2.75, 3.05) is 25.3 Å². The van der Waals surface area contributed by atoms with Crippen LogP contribution in [0.5, 0.6) is 0 Å². The molecule has 0 spiro atoms. The normalized spacial score (nSPS) is 14.4. The fourth-order valence-corrected chi connectivity index (χ4v) is 12.4. The third-order valence-corrected chi connectivity index (χ3v) is 17.2. The number of halogens is 26. The van der Waals surface area contributed by atoms with Crippen LogP contribution in [-0.4, -0.2) is 40.3 Å². The number of hydrogen-bond acceptors (Lipinski definition) is 0. The van der Waals surface area contributed by atoms with Gasteiger partial charge in [0.05, 0.1) is 49.8 Å². The van der Waals surface area contributed by atoms with Gasteiger partial charge in [-0.1, -0.05) is 190 Å². The average Bonchev–Trinajstić information content (AvgIpc) is 0.809. The van der Waals surface area contributed by atoms with Gasteiger partial charge in [-0.3, -0.25) is 0 Å². The molecule has 0 heterocycles. The van der Waals surface area contributed by atoms with Crippen LogP contribution >= 0.6 is 31.1 Å². The Morgan fingerprint density at radius 1 is 0.287 bits per heavy atom. The predicted octanol–water partition coefficient (Wildman–Crippen LogP) is 19.2. The Kier molecular flexibility index (Phi) is 28.6. The van der Waals surface area contributed by atoms with E-state index >= 15 is 0 Å². The molecule has 0 N–H and O–H groups in total. The van der Waals surface area contributed by atoms with Crippen molar-refractivity contribution in [3.8, 4) is 0 Å². The fraction of sp³-hybridized carbons (Fsp3) is 0.266. The van der Waals surface area contributed by atoms with Gasteiger partial charge in [0.2, 0.25) is 0 Å². The second-order valence-electron chi connectivity index (χ2n) is 21.3. The first-order chi connectivity index (χ1) is 42.4. The van der Waals surface area contributed by atoms with Crippen molar-refractivity contribution in [3.05, 3.63) is 238 Å². The Labute approximate surface area is 552 Å². The second kappa shape index (κ2) is 32.4. The molecule has 1 aliphatic rings. The first-order valence-electron chi connectivity index (χ1n) is 26.7. The third-order valence-electron chi connectivity index (χ3n) is 14.4. The fourth-order valence-electron chi connectivity index (χ4n) is 9.79. The minimum absolute atomic E-state index is 0. The van der Waals surface area contributed by atoms with Gasteiger partial charge in [-0.25, -0.2) is 0 Å². The van der Waals surface area contributed by atoms with Crippen LogP contribution in [0.1, 0.15) is 79.1 Å². The molecule has 1 fully saturated rings. The number of alkyl halides is 26. The van der Waals surface area contributed by atoms with Crippen molar-refractivity contribution < 1.29 is 125 Å². The van der Waals surface area contributed by atoms with E-state index in [9.17, 15) is 105 Å². The molecule has 511 valence electrons. The zero-order valence-electron chi connectivity index (χ0n) is 50.0. The summed E-state index contributed by atoms with van der Waals surface area (Å²) in [6.07, 6.45) is -54.8. The molecule has 30 heteroatoms. The zero-order chi connectivity index (χ0) is 71.0. The minimum Gasteiger partial charge on any atom is -0.194 e. The van der Waals surface area contributed by atoms with Crippen LogP contribution in [0.4, 0.5) is 105 Å². The Morgan fingerprint density at radius 3 is 0.532 bits per heavy atom. The molecule has 1 aliphatic carbocycles. The summed E-state index contributed by atoms with van der Waals surface area (Å²) in [6, 6.07) is 23.7. The van der Waals surface area contributed by atoms with Crippen molar-refractivity contribution in [1.29, 1.82) is 0 Å². The van der Waals surface area contributed by atoms with E-state index in [2.05, 4.69) is 146 Å². The maximum absolute atomic E-state index is 14.2. The molecule has 0 bridgehead atoms. The van der Waals surface area contributed by atoms with Gasteiger partial charge < -0.3 is 0 Å². The van der Waals surface area contributed by atoms with Crippen molar-refractivity contribution in [1.82, 2.24) is 0 Å². The van der Waals surface area contributed by atoms with Gasteiger partial charge in [-0.15, -0.1) is 31.1 Å². The van der Waals surface area contributed by atoms with E-state index in [-0.39, 0.29) is 24.8 Å². The van der Waals surface area contributed by atoms with Gasteiger partial charge in [0.1, 0.15) is 6.15 Å². The van der Waals surface area contributed by atoms with Gasteiger partial charge in [0.25, 0.3) is 0 Å². The SMILES string of the molecule is CP(C)C.C[C]1[C](C)[C](C)[C](C)[C]1C.ClCCl.FC(F)(F)c1cc([B-](c2cc(C(F)(F)F)cc(C(F)(F)F)c2)(c2cc(C(F)(F)F)cc(C(F)(F)F)c2)c2cc(C(F)(F)F)cc(C(F)(F)F)c2)cc(C(F)(F)F)c1.[Rh+2].c1ccc([Si](c2ccccc2)c2ccccc2)cc1. The summed E-state index contributed by atoms with van der Waals surface area (Å²) in [7, 11) is -0.498. The van der Waals surface area contributed by atoms with Crippen LogP contribution in [-0.2, 0) is 68.9 Å². The van der Waals surface area contributed by atoms with Gasteiger partial charge >= 0.3 is 68.9 Å². The van der Waals surface area contributed by atoms with Crippen molar-refractivity contribution in [2.24, 2.45) is 0 Å². The predicted molar refractivity (Wildman–Crippen MR) is 320 cm³/mol. The molecule has 0 aromatic heterocycles. The molecule has 7 aromatic carbocycles. The quantitative estimate of drug-likeness (QED) is 0.0491. The van der Waals surface area contributed by atoms with Gasteiger partial charge in [0.15, 0.2) is 8.80 Å². The van der Waals surface area contributed by atoms with Crippen LogP contribution in [0.25, 0.3) is 0 Å². The third kappa shape index (κ3) is 21.9. The summed E-state index contributed by atoms with van der Waals surface area (Å²) >= 11 is 9.53. The molecule has 1 saturated carbocycles. The molecule has 8 rings (SSSR count). The van der Waals surface area contributed by atoms with E-state index in [1.807, 2.05) is 0 Å². The van der Waals surface area contributed by atoms with E-state index in [1.165, 1.54) is 45.1 Å². The van der Waals surface area contributed by atoms with Crippen molar-refractivity contribution in [2.45, 2.75) is 84.0 Å². The van der Waals surface area contributed by atoms with Crippen LogP contribution in [0, 0.1) is 29.6 Å². The average molecular weight is 1520 g/mol. The molecule has 7 aromatic rings. The molecule has 94 heavy (non-hydrogen) atoms. The smallest absolute Gasteiger partial charge is 0.194 e. The monoisotopic (exact) mass is 1520 g/mol. The Bertz CT molecular complexity index is 2940.